The van der Waals surface area contributed by atoms with Gasteiger partial charge >= 0.3 is 0 Å². The van der Waals surface area contributed by atoms with Crippen molar-refractivity contribution in [3.8, 4) is 5.75 Å². The third-order valence-electron chi connectivity index (χ3n) is 7.00. The summed E-state index contributed by atoms with van der Waals surface area (Å²) >= 11 is 0. The number of phenols is 1. The number of carbonyl (C=O) groups is 3. The first-order valence-electron chi connectivity index (χ1n) is 10.0. The molecule has 10 nitrogen and oxygen atoms in total. The number of hydrogen-bond acceptors (Lipinski definition) is 9. The number of Topliss-reactive ketones (excluding diaryl/α,β-unsaturated/α-hetero) is 2. The number of aromatic hydroxyl groups is 1. The van der Waals surface area contributed by atoms with Crippen LogP contribution in [0.4, 0.5) is 0 Å². The number of aliphatic hydroxyl groups excluding tert-OH is 3. The second-order valence-electron chi connectivity index (χ2n) is 8.79. The molecule has 1 amide bonds. The summed E-state index contributed by atoms with van der Waals surface area (Å²) in [5.41, 5.74) is 1.36. The molecule has 4 rings (SSSR count). The minimum absolute atomic E-state index is 0. The van der Waals surface area contributed by atoms with Gasteiger partial charge in [0, 0.05) is 31.0 Å². The molecule has 6 atom stereocenters. The molecule has 0 saturated carbocycles. The molecule has 0 saturated heterocycles. The first kappa shape index (κ1) is 25.0. The van der Waals surface area contributed by atoms with Gasteiger partial charge in [-0.2, -0.15) is 0 Å². The van der Waals surface area contributed by atoms with Gasteiger partial charge in [0.1, 0.15) is 22.8 Å². The van der Waals surface area contributed by atoms with Crippen molar-refractivity contribution in [3.63, 3.8) is 0 Å². The summed E-state index contributed by atoms with van der Waals surface area (Å²) in [6, 6.07) is 3.17. The van der Waals surface area contributed by atoms with E-state index >= 15 is 0 Å². The van der Waals surface area contributed by atoms with Crippen LogP contribution in [0.25, 0.3) is 0 Å². The molecule has 7 N–H and O–H groups in total. The summed E-state index contributed by atoms with van der Waals surface area (Å²) < 4.78 is 0. The van der Waals surface area contributed by atoms with Gasteiger partial charge in [-0.25, -0.2) is 0 Å². The van der Waals surface area contributed by atoms with Gasteiger partial charge in [-0.3, -0.25) is 19.3 Å². The topological polar surface area (TPSA) is 182 Å². The Hall–Kier alpha value is -2.59. The minimum Gasteiger partial charge on any atom is -0.510 e. The molecule has 33 heavy (non-hydrogen) atoms. The van der Waals surface area contributed by atoms with Gasteiger partial charge in [0.15, 0.2) is 11.4 Å². The van der Waals surface area contributed by atoms with Crippen LogP contribution in [0, 0.1) is 11.8 Å². The van der Waals surface area contributed by atoms with Gasteiger partial charge in [-0.1, -0.05) is 19.1 Å². The van der Waals surface area contributed by atoms with Crippen molar-refractivity contribution in [1.82, 2.24) is 4.90 Å². The van der Waals surface area contributed by atoms with Crippen LogP contribution in [0.3, 0.4) is 0 Å². The molecule has 0 radical (unpaired) electrons. The zero-order valence-electron chi connectivity index (χ0n) is 18.3. The number of fused-ring (bicyclic) bond motifs is 3. The van der Waals surface area contributed by atoms with Gasteiger partial charge in [-0.15, -0.1) is 0 Å². The Kier molecular flexibility index (Phi) is 6.09. The molecule has 3 aliphatic carbocycles. The molecule has 0 aliphatic heterocycles. The first-order chi connectivity index (χ1) is 14.9. The normalized spacial score (nSPS) is 33.3. The quantitative estimate of drug-likeness (QED) is 0.229. The fourth-order valence-electron chi connectivity index (χ4n) is 5.58. The van der Waals surface area contributed by atoms with Gasteiger partial charge < -0.3 is 31.3 Å². The summed E-state index contributed by atoms with van der Waals surface area (Å²) in [7, 11) is 2.98. The molecule has 172 valence electrons. The molecule has 3 aliphatic rings. The standard InChI is InChI=1S/C22H24N2O8.Zn/c1-7-8-5-4-6-9(25)11(8)16(26)12-10(7)17(27)14-15(24(2)3)18(28)13(21(23)31)20(30)22(14,32)19(12)29;/h4-7,10,14-15,17,25,27-29,32H,1-3H3,(H2,23,31);/t7-,10+,14-,15-,17-,22-;/m0./s1. The Morgan fingerprint density at radius 3 is 2.30 bits per heavy atom. The number of primary amides is 1. The third-order valence-corrected chi connectivity index (χ3v) is 7.00. The number of likely N-dealkylation sites (N-methyl/N-ethyl adjacent to an activating group) is 1. The number of nitrogens with two attached hydrogens (primary N) is 1. The second kappa shape index (κ2) is 8.02. The van der Waals surface area contributed by atoms with Crippen LogP contribution >= 0.6 is 0 Å². The van der Waals surface area contributed by atoms with Crippen LogP contribution in [-0.2, 0) is 29.1 Å². The van der Waals surface area contributed by atoms with Crippen molar-refractivity contribution in [2.45, 2.75) is 30.6 Å². The van der Waals surface area contributed by atoms with Gasteiger partial charge in [0.2, 0.25) is 5.78 Å². The van der Waals surface area contributed by atoms with Gasteiger partial charge in [0.05, 0.1) is 23.6 Å². The van der Waals surface area contributed by atoms with E-state index in [0.717, 1.165) is 0 Å². The van der Waals surface area contributed by atoms with E-state index in [1.165, 1.54) is 25.1 Å². The number of amides is 1. The van der Waals surface area contributed by atoms with Crippen LogP contribution < -0.4 is 5.73 Å². The fourth-order valence-corrected chi connectivity index (χ4v) is 5.58. The number of carbonyl (C=O) groups excluding carboxylic acids is 3. The molecule has 0 bridgehead atoms. The summed E-state index contributed by atoms with van der Waals surface area (Å²) in [6.07, 6.45) is -1.59. The van der Waals surface area contributed by atoms with E-state index in [9.17, 15) is 39.9 Å². The van der Waals surface area contributed by atoms with Crippen LogP contribution in [0.15, 0.2) is 40.9 Å². The summed E-state index contributed by atoms with van der Waals surface area (Å²) in [5, 5.41) is 55.0. The smallest absolute Gasteiger partial charge is 0.255 e. The van der Waals surface area contributed by atoms with Crippen LogP contribution in [0.2, 0.25) is 0 Å². The SMILES string of the molecule is C[C@H]1c2cccc(O)c2C(=O)C2=C(O)[C@]3(O)C(=O)C(C(N)=O)=C(O)[C@@H](N(C)C)[C@H]3[C@@H](O)[C@@H]21.[Zn]. The third kappa shape index (κ3) is 3.03. The molecule has 1 aromatic carbocycles. The van der Waals surface area contributed by atoms with Crippen LogP contribution in [0.1, 0.15) is 28.8 Å². The van der Waals surface area contributed by atoms with E-state index in [4.69, 9.17) is 5.73 Å². The van der Waals surface area contributed by atoms with Crippen molar-refractivity contribution in [2.24, 2.45) is 17.6 Å². The zero-order chi connectivity index (χ0) is 23.9. The molecule has 0 aromatic heterocycles. The Bertz CT molecular complexity index is 1140. The Morgan fingerprint density at radius 2 is 1.76 bits per heavy atom. The number of benzene rings is 1. The zero-order valence-corrected chi connectivity index (χ0v) is 21.3. The number of nitrogens with zero attached hydrogens (tertiary/aromatic N) is 1. The average Bonchev–Trinajstić information content (AvgIpc) is 2.70. The average molecular weight is 510 g/mol. The number of phenolic OH excluding ortho intramolecular Hbond substituents is 1. The fraction of sp³-hybridized carbons (Fsp3) is 0.409. The molecule has 1 aromatic rings. The number of rotatable bonds is 2. The molecule has 11 heteroatoms. The van der Waals surface area contributed by atoms with Crippen LogP contribution in [-0.4, -0.2) is 79.7 Å². The maximum Gasteiger partial charge on any atom is 0.255 e. The minimum atomic E-state index is -2.89. The maximum absolute atomic E-state index is 13.3. The van der Waals surface area contributed by atoms with Crippen molar-refractivity contribution in [1.29, 1.82) is 0 Å². The van der Waals surface area contributed by atoms with Crippen molar-refractivity contribution in [2.75, 3.05) is 14.1 Å². The van der Waals surface area contributed by atoms with E-state index in [1.54, 1.807) is 19.1 Å². The van der Waals surface area contributed by atoms with E-state index in [2.05, 4.69) is 0 Å². The summed E-state index contributed by atoms with van der Waals surface area (Å²) in [5.74, 6) is -8.86. The molecule has 0 fully saturated rings. The van der Waals surface area contributed by atoms with Crippen molar-refractivity contribution in [3.05, 3.63) is 52.0 Å². The summed E-state index contributed by atoms with van der Waals surface area (Å²) in [6.45, 7) is 1.68. The molecular formula is C22H24N2O8Zn. The predicted octanol–water partition coefficient (Wildman–Crippen LogP) is -0.350. The Labute approximate surface area is 201 Å². The monoisotopic (exact) mass is 508 g/mol. The van der Waals surface area contributed by atoms with E-state index < -0.39 is 75.6 Å². The Balaban J connectivity index is 0.00000306. The van der Waals surface area contributed by atoms with Gasteiger partial charge in [-0.05, 0) is 31.6 Å². The number of aliphatic hydroxyl groups is 4. The molecule has 0 spiro atoms. The molecule has 0 unspecified atom stereocenters. The maximum atomic E-state index is 13.3. The Morgan fingerprint density at radius 1 is 1.15 bits per heavy atom. The van der Waals surface area contributed by atoms with E-state index in [-0.39, 0.29) is 30.8 Å². The van der Waals surface area contributed by atoms with Crippen molar-refractivity contribution >= 4 is 17.5 Å². The van der Waals surface area contributed by atoms with E-state index in [0.29, 0.717) is 5.56 Å². The van der Waals surface area contributed by atoms with Crippen LogP contribution in [0.5, 0.6) is 5.75 Å². The van der Waals surface area contributed by atoms with E-state index in [1.807, 2.05) is 0 Å². The largest absolute Gasteiger partial charge is 0.510 e. The van der Waals surface area contributed by atoms with Gasteiger partial charge in [0.25, 0.3) is 5.91 Å². The molecule has 0 heterocycles. The summed E-state index contributed by atoms with van der Waals surface area (Å²) in [4.78, 5) is 39.8. The van der Waals surface area contributed by atoms with Crippen molar-refractivity contribution < 1.29 is 59.4 Å². The first-order valence-corrected chi connectivity index (χ1v) is 10.0. The predicted molar refractivity (Wildman–Crippen MR) is 110 cm³/mol. The molecular weight excluding hydrogens is 486 g/mol. The second-order valence-corrected chi connectivity index (χ2v) is 8.79. The number of ketones is 2. The number of hydrogen-bond donors (Lipinski definition) is 6.